The Hall–Kier alpha value is -2.44. The van der Waals surface area contributed by atoms with Gasteiger partial charge in [0.15, 0.2) is 0 Å². The molecule has 1 saturated heterocycles. The van der Waals surface area contributed by atoms with Crippen LogP contribution in [0.1, 0.15) is 55.1 Å². The largest absolute Gasteiger partial charge is 0.366 e. The molecule has 1 aliphatic rings. The number of carbonyl (C=O) groups excluding carboxylic acids is 1. The molecule has 2 aromatic rings. The van der Waals surface area contributed by atoms with Crippen LogP contribution in [0.15, 0.2) is 48.5 Å². The fourth-order valence-corrected chi connectivity index (χ4v) is 5.71. The lowest BCUT2D eigenvalue weighted by Crippen LogP contribution is -2.42. The number of amides is 1. The number of allylic oxidation sites excluding steroid dienone is 2. The van der Waals surface area contributed by atoms with Crippen molar-refractivity contribution in [3.05, 3.63) is 65.2 Å². The first-order valence-electron chi connectivity index (χ1n) is 10.8. The maximum atomic E-state index is 12.5. The lowest BCUT2D eigenvalue weighted by molar-refractivity contribution is 0.0999. The quantitative estimate of drug-likeness (QED) is 0.712. The number of hydrogen-bond donors (Lipinski definition) is 1. The van der Waals surface area contributed by atoms with Crippen LogP contribution in [0, 0.1) is 12.8 Å². The molecular weight excluding hydrogens is 408 g/mol. The predicted molar refractivity (Wildman–Crippen MR) is 127 cm³/mol. The van der Waals surface area contributed by atoms with Crippen molar-refractivity contribution in [2.75, 3.05) is 13.1 Å². The summed E-state index contributed by atoms with van der Waals surface area (Å²) in [6.45, 7) is 8.42. The first-order valence-corrected chi connectivity index (χ1v) is 12.3. The van der Waals surface area contributed by atoms with Gasteiger partial charge in [-0.1, -0.05) is 36.4 Å². The van der Waals surface area contributed by atoms with Gasteiger partial charge in [0.1, 0.15) is 0 Å². The van der Waals surface area contributed by atoms with E-state index in [0.29, 0.717) is 18.7 Å². The Morgan fingerprint density at radius 2 is 1.65 bits per heavy atom. The molecule has 0 spiro atoms. The van der Waals surface area contributed by atoms with Gasteiger partial charge in [0.25, 0.3) is 0 Å². The highest BCUT2D eigenvalue weighted by atomic mass is 32.2. The molecule has 6 heteroatoms. The van der Waals surface area contributed by atoms with Crippen molar-refractivity contribution in [1.82, 2.24) is 4.31 Å². The molecule has 0 unspecified atom stereocenters. The molecule has 3 rings (SSSR count). The van der Waals surface area contributed by atoms with Crippen LogP contribution < -0.4 is 5.73 Å². The van der Waals surface area contributed by atoms with Crippen LogP contribution in [-0.4, -0.2) is 37.0 Å². The molecule has 0 saturated carbocycles. The number of piperidine rings is 1. The van der Waals surface area contributed by atoms with Gasteiger partial charge in [-0.2, -0.15) is 0 Å². The Bertz CT molecular complexity index is 1080. The SMILES string of the molecule is C/C=C(\c1cc(-c2ccccc2)cc(C(N)=O)c1C)C1CCN(S(=O)(=O)C(C)C)CC1. The average molecular weight is 441 g/mol. The summed E-state index contributed by atoms with van der Waals surface area (Å²) in [5.41, 5.74) is 11.3. The summed E-state index contributed by atoms with van der Waals surface area (Å²) in [6.07, 6.45) is 3.61. The van der Waals surface area contributed by atoms with E-state index in [4.69, 9.17) is 5.73 Å². The Labute approximate surface area is 186 Å². The van der Waals surface area contributed by atoms with E-state index in [0.717, 1.165) is 40.7 Å². The minimum absolute atomic E-state index is 0.231. The standard InChI is InChI=1S/C25H32N2O3S/c1-5-22(20-11-13-27(14-12-20)31(29,30)17(2)3)23-15-21(19-9-7-6-8-10-19)16-24(18(23)4)25(26)28/h5-10,15-17,20H,11-14H2,1-4H3,(H2,26,28)/b22-5-. The Morgan fingerprint density at radius 1 is 1.06 bits per heavy atom. The van der Waals surface area contributed by atoms with Crippen LogP contribution in [-0.2, 0) is 10.0 Å². The summed E-state index contributed by atoms with van der Waals surface area (Å²) in [5, 5.41) is -0.409. The van der Waals surface area contributed by atoms with E-state index >= 15 is 0 Å². The van der Waals surface area contributed by atoms with Crippen molar-refractivity contribution >= 4 is 21.5 Å². The molecule has 1 fully saturated rings. The van der Waals surface area contributed by atoms with Gasteiger partial charge in [0.05, 0.1) is 5.25 Å². The topological polar surface area (TPSA) is 80.5 Å². The third-order valence-electron chi connectivity index (χ3n) is 6.25. The molecule has 0 radical (unpaired) electrons. The first kappa shape index (κ1) is 23.2. The zero-order valence-corrected chi connectivity index (χ0v) is 19.6. The number of benzene rings is 2. The maximum Gasteiger partial charge on any atom is 0.249 e. The lowest BCUT2D eigenvalue weighted by Gasteiger charge is -2.34. The molecule has 0 aliphatic carbocycles. The second-order valence-electron chi connectivity index (χ2n) is 8.44. The molecule has 166 valence electrons. The number of sulfonamides is 1. The average Bonchev–Trinajstić information content (AvgIpc) is 2.76. The second-order valence-corrected chi connectivity index (χ2v) is 10.9. The Balaban J connectivity index is 1.97. The van der Waals surface area contributed by atoms with Crippen LogP contribution in [0.5, 0.6) is 0 Å². The predicted octanol–water partition coefficient (Wildman–Crippen LogP) is 4.61. The van der Waals surface area contributed by atoms with Crippen LogP contribution in [0.2, 0.25) is 0 Å². The van der Waals surface area contributed by atoms with Gasteiger partial charge in [0.2, 0.25) is 15.9 Å². The minimum Gasteiger partial charge on any atom is -0.366 e. The first-order chi connectivity index (χ1) is 14.7. The fourth-order valence-electron chi connectivity index (χ4n) is 4.40. The maximum absolute atomic E-state index is 12.5. The number of rotatable bonds is 6. The van der Waals surface area contributed by atoms with E-state index in [2.05, 4.69) is 12.1 Å². The van der Waals surface area contributed by atoms with Crippen molar-refractivity contribution < 1.29 is 13.2 Å². The highest BCUT2D eigenvalue weighted by molar-refractivity contribution is 7.89. The van der Waals surface area contributed by atoms with E-state index < -0.39 is 21.2 Å². The highest BCUT2D eigenvalue weighted by Gasteiger charge is 2.32. The normalized spacial score (nSPS) is 16.6. The second kappa shape index (κ2) is 9.37. The van der Waals surface area contributed by atoms with E-state index in [-0.39, 0.29) is 5.92 Å². The van der Waals surface area contributed by atoms with E-state index in [1.54, 1.807) is 18.2 Å². The van der Waals surface area contributed by atoms with Crippen molar-refractivity contribution in [2.24, 2.45) is 11.7 Å². The van der Waals surface area contributed by atoms with Gasteiger partial charge >= 0.3 is 0 Å². The molecule has 1 aliphatic heterocycles. The van der Waals surface area contributed by atoms with Gasteiger partial charge in [-0.15, -0.1) is 0 Å². The molecular formula is C25H32N2O3S. The number of primary amides is 1. The summed E-state index contributed by atoms with van der Waals surface area (Å²) in [4.78, 5) is 12.2. The van der Waals surface area contributed by atoms with E-state index in [1.807, 2.05) is 50.2 Å². The number of nitrogens with two attached hydrogens (primary N) is 1. The van der Waals surface area contributed by atoms with Gasteiger partial charge in [-0.25, -0.2) is 12.7 Å². The van der Waals surface area contributed by atoms with E-state index in [9.17, 15) is 13.2 Å². The fraction of sp³-hybridized carbons (Fsp3) is 0.400. The van der Waals surface area contributed by atoms with Gasteiger partial charge in [0, 0.05) is 18.7 Å². The van der Waals surface area contributed by atoms with Gasteiger partial charge in [-0.05, 0) is 86.4 Å². The van der Waals surface area contributed by atoms with Crippen molar-refractivity contribution in [2.45, 2.75) is 45.8 Å². The van der Waals surface area contributed by atoms with Crippen LogP contribution in [0.4, 0.5) is 0 Å². The van der Waals surface area contributed by atoms with Crippen molar-refractivity contribution in [3.8, 4) is 11.1 Å². The van der Waals surface area contributed by atoms with Gasteiger partial charge in [-0.3, -0.25) is 4.79 Å². The molecule has 1 amide bonds. The minimum atomic E-state index is -3.24. The van der Waals surface area contributed by atoms with Crippen molar-refractivity contribution in [1.29, 1.82) is 0 Å². The number of carbonyl (C=O) groups is 1. The molecule has 0 aromatic heterocycles. The number of hydrogen-bond acceptors (Lipinski definition) is 3. The highest BCUT2D eigenvalue weighted by Crippen LogP contribution is 2.37. The summed E-state index contributed by atoms with van der Waals surface area (Å²) in [5.74, 6) is -0.209. The summed E-state index contributed by atoms with van der Waals surface area (Å²) >= 11 is 0. The van der Waals surface area contributed by atoms with Crippen LogP contribution in [0.3, 0.4) is 0 Å². The molecule has 0 atom stereocenters. The van der Waals surface area contributed by atoms with Crippen LogP contribution in [0.25, 0.3) is 16.7 Å². The molecule has 31 heavy (non-hydrogen) atoms. The zero-order chi connectivity index (χ0) is 22.8. The molecule has 2 aromatic carbocycles. The monoisotopic (exact) mass is 440 g/mol. The van der Waals surface area contributed by atoms with Gasteiger partial charge < -0.3 is 5.73 Å². The summed E-state index contributed by atoms with van der Waals surface area (Å²) in [6, 6.07) is 13.9. The Kier molecular flexibility index (Phi) is 7.02. The summed E-state index contributed by atoms with van der Waals surface area (Å²) < 4.78 is 26.7. The molecule has 2 N–H and O–H groups in total. The Morgan fingerprint density at radius 3 is 2.16 bits per heavy atom. The van der Waals surface area contributed by atoms with Crippen molar-refractivity contribution in [3.63, 3.8) is 0 Å². The molecule has 0 bridgehead atoms. The number of nitrogens with zero attached hydrogens (tertiary/aromatic N) is 1. The molecule has 5 nitrogen and oxygen atoms in total. The smallest absolute Gasteiger partial charge is 0.249 e. The van der Waals surface area contributed by atoms with Crippen LogP contribution >= 0.6 is 0 Å². The van der Waals surface area contributed by atoms with E-state index in [1.165, 1.54) is 0 Å². The summed E-state index contributed by atoms with van der Waals surface area (Å²) in [7, 11) is -3.24. The lowest BCUT2D eigenvalue weighted by atomic mass is 9.81. The third-order valence-corrected chi connectivity index (χ3v) is 8.53. The molecule has 1 heterocycles. The third kappa shape index (κ3) is 4.75. The zero-order valence-electron chi connectivity index (χ0n) is 18.8.